The van der Waals surface area contributed by atoms with Crippen molar-refractivity contribution < 1.29 is 27.7 Å². The Balaban J connectivity index is 4.71. The highest BCUT2D eigenvalue weighted by atomic mass is 31.2. The standard InChI is InChI=1S/C10H22NO6P/c1-9(2,3)16-18(13,17-10(4,5)6)15-7-14-8(11)12/h7H2,1-6H3,(H2,11,12). The van der Waals surface area contributed by atoms with Crippen molar-refractivity contribution in [3.05, 3.63) is 0 Å². The summed E-state index contributed by atoms with van der Waals surface area (Å²) in [5, 5.41) is 0. The molecule has 0 rings (SSSR count). The van der Waals surface area contributed by atoms with Crippen molar-refractivity contribution >= 4 is 13.9 Å². The molecule has 2 N–H and O–H groups in total. The van der Waals surface area contributed by atoms with Gasteiger partial charge in [0.15, 0.2) is 0 Å². The number of carbonyl (C=O) groups is 1. The minimum Gasteiger partial charge on any atom is -0.422 e. The molecule has 7 nitrogen and oxygen atoms in total. The van der Waals surface area contributed by atoms with E-state index in [0.29, 0.717) is 0 Å². The molecule has 18 heavy (non-hydrogen) atoms. The van der Waals surface area contributed by atoms with Gasteiger partial charge in [0.25, 0.3) is 0 Å². The van der Waals surface area contributed by atoms with E-state index in [1.54, 1.807) is 41.5 Å². The highest BCUT2D eigenvalue weighted by Gasteiger charge is 2.37. The van der Waals surface area contributed by atoms with E-state index < -0.39 is 31.9 Å². The van der Waals surface area contributed by atoms with E-state index >= 15 is 0 Å². The lowest BCUT2D eigenvalue weighted by molar-refractivity contribution is -0.0273. The van der Waals surface area contributed by atoms with Gasteiger partial charge in [0, 0.05) is 0 Å². The van der Waals surface area contributed by atoms with Gasteiger partial charge in [-0.05, 0) is 41.5 Å². The molecule has 0 saturated carbocycles. The fourth-order valence-electron chi connectivity index (χ4n) is 0.891. The van der Waals surface area contributed by atoms with Gasteiger partial charge < -0.3 is 10.5 Å². The molecule has 0 aliphatic heterocycles. The third-order valence-corrected chi connectivity index (χ3v) is 3.15. The van der Waals surface area contributed by atoms with Crippen molar-refractivity contribution in [2.75, 3.05) is 6.79 Å². The number of ether oxygens (including phenoxy) is 1. The van der Waals surface area contributed by atoms with E-state index in [9.17, 15) is 9.36 Å². The average Bonchev–Trinajstić information content (AvgIpc) is 1.93. The molecule has 0 radical (unpaired) electrons. The number of amides is 1. The fourth-order valence-corrected chi connectivity index (χ4v) is 2.56. The molecule has 0 bridgehead atoms. The first kappa shape index (κ1) is 17.4. The van der Waals surface area contributed by atoms with Crippen molar-refractivity contribution in [2.24, 2.45) is 5.73 Å². The summed E-state index contributed by atoms with van der Waals surface area (Å²) in [6.07, 6.45) is -1.03. The third kappa shape index (κ3) is 9.41. The van der Waals surface area contributed by atoms with Gasteiger partial charge in [0.2, 0.25) is 6.79 Å². The Morgan fingerprint density at radius 1 is 1.06 bits per heavy atom. The summed E-state index contributed by atoms with van der Waals surface area (Å²) in [7, 11) is -3.85. The third-order valence-electron chi connectivity index (χ3n) is 1.18. The number of primary amides is 1. The summed E-state index contributed by atoms with van der Waals surface area (Å²) in [5.41, 5.74) is 3.28. The Morgan fingerprint density at radius 2 is 1.44 bits per heavy atom. The van der Waals surface area contributed by atoms with Crippen molar-refractivity contribution in [2.45, 2.75) is 52.7 Å². The topological polar surface area (TPSA) is 97.1 Å². The SMILES string of the molecule is CC(C)(C)OP(=O)(OCOC(N)=O)OC(C)(C)C. The molecule has 0 saturated heterocycles. The first-order chi connectivity index (χ1) is 7.83. The molecule has 0 unspecified atom stereocenters. The number of hydrogen-bond donors (Lipinski definition) is 1. The number of phosphoric acid groups is 1. The van der Waals surface area contributed by atoms with E-state index in [1.165, 1.54) is 0 Å². The molecule has 0 aliphatic carbocycles. The van der Waals surface area contributed by atoms with Crippen LogP contribution in [0.25, 0.3) is 0 Å². The van der Waals surface area contributed by atoms with E-state index in [0.717, 1.165) is 0 Å². The normalized spacial score (nSPS) is 13.4. The Kier molecular flexibility index (Phi) is 5.81. The van der Waals surface area contributed by atoms with Crippen LogP contribution in [0.15, 0.2) is 0 Å². The minimum atomic E-state index is -3.85. The molecule has 8 heteroatoms. The van der Waals surface area contributed by atoms with Crippen LogP contribution in [0.1, 0.15) is 41.5 Å². The van der Waals surface area contributed by atoms with Crippen molar-refractivity contribution in [3.63, 3.8) is 0 Å². The maximum absolute atomic E-state index is 12.3. The lowest BCUT2D eigenvalue weighted by Gasteiger charge is -2.30. The van der Waals surface area contributed by atoms with E-state index in [4.69, 9.17) is 19.3 Å². The van der Waals surface area contributed by atoms with E-state index in [-0.39, 0.29) is 0 Å². The summed E-state index contributed by atoms with van der Waals surface area (Å²) in [5.74, 6) is 0. The van der Waals surface area contributed by atoms with Gasteiger partial charge in [-0.1, -0.05) is 0 Å². The number of hydrogen-bond acceptors (Lipinski definition) is 6. The van der Waals surface area contributed by atoms with Crippen LogP contribution in [-0.4, -0.2) is 24.1 Å². The zero-order valence-electron chi connectivity index (χ0n) is 11.7. The van der Waals surface area contributed by atoms with E-state index in [2.05, 4.69) is 4.74 Å². The maximum Gasteiger partial charge on any atom is 0.478 e. The fraction of sp³-hybridized carbons (Fsp3) is 0.900. The molecule has 0 aromatic heterocycles. The number of phosphoric ester groups is 1. The summed E-state index contributed by atoms with van der Waals surface area (Å²) in [6, 6.07) is 0. The number of nitrogens with two attached hydrogens (primary N) is 1. The Bertz CT molecular complexity index is 310. The second-order valence-electron chi connectivity index (χ2n) is 5.56. The molecular formula is C10H22NO6P. The van der Waals surface area contributed by atoms with Crippen LogP contribution in [0.4, 0.5) is 4.79 Å². The zero-order valence-corrected chi connectivity index (χ0v) is 12.6. The monoisotopic (exact) mass is 283 g/mol. The lowest BCUT2D eigenvalue weighted by atomic mass is 10.2. The van der Waals surface area contributed by atoms with Crippen molar-refractivity contribution in [1.29, 1.82) is 0 Å². The molecule has 0 aromatic rings. The van der Waals surface area contributed by atoms with Gasteiger partial charge in [0.05, 0.1) is 11.2 Å². The van der Waals surface area contributed by atoms with Gasteiger partial charge in [-0.2, -0.15) is 0 Å². The van der Waals surface area contributed by atoms with Crippen molar-refractivity contribution in [1.82, 2.24) is 0 Å². The quantitative estimate of drug-likeness (QED) is 0.615. The van der Waals surface area contributed by atoms with Crippen LogP contribution >= 0.6 is 7.82 Å². The van der Waals surface area contributed by atoms with Gasteiger partial charge in [-0.25, -0.2) is 13.9 Å². The van der Waals surface area contributed by atoms with Crippen LogP contribution < -0.4 is 5.73 Å². The van der Waals surface area contributed by atoms with E-state index in [1.807, 2.05) is 0 Å². The highest BCUT2D eigenvalue weighted by molar-refractivity contribution is 7.48. The molecule has 0 aliphatic rings. The molecule has 0 heterocycles. The molecular weight excluding hydrogens is 261 g/mol. The Morgan fingerprint density at radius 3 is 1.72 bits per heavy atom. The Hall–Kier alpha value is -0.620. The van der Waals surface area contributed by atoms with Crippen LogP contribution in [0.3, 0.4) is 0 Å². The molecule has 1 amide bonds. The molecule has 0 atom stereocenters. The van der Waals surface area contributed by atoms with Crippen LogP contribution in [0.2, 0.25) is 0 Å². The predicted molar refractivity (Wildman–Crippen MR) is 65.9 cm³/mol. The molecule has 108 valence electrons. The second kappa shape index (κ2) is 6.02. The average molecular weight is 283 g/mol. The first-order valence-electron chi connectivity index (χ1n) is 5.41. The molecule has 0 aromatic carbocycles. The number of carbonyl (C=O) groups excluding carboxylic acids is 1. The summed E-state index contributed by atoms with van der Waals surface area (Å²) in [4.78, 5) is 10.4. The zero-order chi connectivity index (χ0) is 14.6. The van der Waals surface area contributed by atoms with Crippen molar-refractivity contribution in [3.8, 4) is 0 Å². The molecule has 0 fully saturated rings. The first-order valence-corrected chi connectivity index (χ1v) is 6.87. The van der Waals surface area contributed by atoms with Crippen LogP contribution in [-0.2, 0) is 22.9 Å². The number of rotatable bonds is 5. The summed E-state index contributed by atoms with van der Waals surface area (Å²) in [6.45, 7) is 9.59. The minimum absolute atomic E-state index is 0.598. The maximum atomic E-state index is 12.3. The predicted octanol–water partition coefficient (Wildman–Crippen LogP) is 2.79. The van der Waals surface area contributed by atoms with Gasteiger partial charge >= 0.3 is 13.9 Å². The van der Waals surface area contributed by atoms with Gasteiger partial charge in [-0.3, -0.25) is 9.05 Å². The van der Waals surface area contributed by atoms with Gasteiger partial charge in [-0.15, -0.1) is 0 Å². The largest absolute Gasteiger partial charge is 0.478 e. The summed E-state index contributed by atoms with van der Waals surface area (Å²) >= 11 is 0. The molecule has 0 spiro atoms. The van der Waals surface area contributed by atoms with Crippen LogP contribution in [0.5, 0.6) is 0 Å². The van der Waals surface area contributed by atoms with Crippen LogP contribution in [0, 0.1) is 0 Å². The Labute approximate surface area is 108 Å². The second-order valence-corrected chi connectivity index (χ2v) is 7.08. The summed E-state index contributed by atoms with van der Waals surface area (Å²) < 4.78 is 32.1. The van der Waals surface area contributed by atoms with Gasteiger partial charge in [0.1, 0.15) is 0 Å². The smallest absolute Gasteiger partial charge is 0.422 e. The lowest BCUT2D eigenvalue weighted by Crippen LogP contribution is -2.25. The highest BCUT2D eigenvalue weighted by Crippen LogP contribution is 2.55.